The number of anilines is 1. The quantitative estimate of drug-likeness (QED) is 0.502. The van der Waals surface area contributed by atoms with Gasteiger partial charge in [0.15, 0.2) is 5.58 Å². The number of nitrogens with zero attached hydrogens (tertiary/aromatic N) is 2. The molecule has 2 heterocycles. The van der Waals surface area contributed by atoms with Crippen molar-refractivity contribution in [1.82, 2.24) is 8.87 Å². The predicted octanol–water partition coefficient (Wildman–Crippen LogP) is 3.17. The number of carbonyl (C=O) groups is 1. The largest absolute Gasteiger partial charge is 0.420 e. The highest BCUT2D eigenvalue weighted by molar-refractivity contribution is 7.89. The van der Waals surface area contributed by atoms with E-state index in [1.807, 2.05) is 36.4 Å². The van der Waals surface area contributed by atoms with Gasteiger partial charge < -0.3 is 9.73 Å². The fraction of sp³-hybridized carbons (Fsp3) is 0.217. The van der Waals surface area contributed by atoms with E-state index in [-0.39, 0.29) is 22.9 Å². The van der Waals surface area contributed by atoms with Gasteiger partial charge in [0.2, 0.25) is 15.9 Å². The van der Waals surface area contributed by atoms with Crippen molar-refractivity contribution in [1.29, 1.82) is 0 Å². The molecule has 1 fully saturated rings. The van der Waals surface area contributed by atoms with Gasteiger partial charge in [-0.05, 0) is 36.4 Å². The van der Waals surface area contributed by atoms with Crippen LogP contribution < -0.4 is 11.1 Å². The van der Waals surface area contributed by atoms with Crippen molar-refractivity contribution < 1.29 is 17.6 Å². The molecule has 5 rings (SSSR count). The van der Waals surface area contributed by atoms with Crippen LogP contribution in [0.2, 0.25) is 0 Å². The molecule has 0 saturated carbocycles. The molecule has 1 aliphatic rings. The third-order valence-electron chi connectivity index (χ3n) is 5.71. The Kier molecular flexibility index (Phi) is 5.07. The molecule has 9 heteroatoms. The summed E-state index contributed by atoms with van der Waals surface area (Å²) < 4.78 is 33.5. The van der Waals surface area contributed by atoms with Crippen LogP contribution in [-0.4, -0.2) is 36.3 Å². The average molecular weight is 452 g/mol. The second kappa shape index (κ2) is 7.92. The fourth-order valence-electron chi connectivity index (χ4n) is 4.10. The summed E-state index contributed by atoms with van der Waals surface area (Å²) in [6, 6.07) is 17.6. The van der Waals surface area contributed by atoms with Crippen LogP contribution in [0.4, 0.5) is 5.69 Å². The van der Waals surface area contributed by atoms with Crippen molar-refractivity contribution >= 4 is 43.5 Å². The van der Waals surface area contributed by atoms with E-state index < -0.39 is 15.8 Å². The normalized spacial score (nSPS) is 14.9. The molecule has 0 unspecified atom stereocenters. The standard InChI is InChI=1S/C23H21N3O5S/c27-22(24-19-9-5-7-16-6-1-2-8-18(16)19)15-26-20-11-10-17(14-21(20)31-23(26)28)32(29,30)25-12-3-4-13-25/h1-2,5-11,14H,3-4,12-13,15H2,(H,24,27). The minimum Gasteiger partial charge on any atom is -0.408 e. The van der Waals surface area contributed by atoms with Crippen LogP contribution in [0.25, 0.3) is 21.9 Å². The summed E-state index contributed by atoms with van der Waals surface area (Å²) in [4.78, 5) is 25.2. The average Bonchev–Trinajstić information content (AvgIpc) is 3.43. The summed E-state index contributed by atoms with van der Waals surface area (Å²) in [5.41, 5.74) is 1.14. The van der Waals surface area contributed by atoms with Crippen LogP contribution in [0, 0.1) is 0 Å². The molecule has 1 amide bonds. The number of aromatic nitrogens is 1. The van der Waals surface area contributed by atoms with Gasteiger partial charge in [0.25, 0.3) is 0 Å². The molecule has 3 aromatic carbocycles. The molecule has 8 nitrogen and oxygen atoms in total. The van der Waals surface area contributed by atoms with Crippen LogP contribution in [0.15, 0.2) is 74.8 Å². The molecular formula is C23H21N3O5S. The van der Waals surface area contributed by atoms with Crippen molar-refractivity contribution in [3.05, 3.63) is 71.2 Å². The minimum absolute atomic E-state index is 0.0769. The molecule has 0 radical (unpaired) electrons. The number of oxazole rings is 1. The molecule has 0 atom stereocenters. The van der Waals surface area contributed by atoms with E-state index >= 15 is 0 Å². The zero-order valence-electron chi connectivity index (χ0n) is 17.2. The molecule has 164 valence electrons. The summed E-state index contributed by atoms with van der Waals surface area (Å²) >= 11 is 0. The van der Waals surface area contributed by atoms with Crippen molar-refractivity contribution in [2.24, 2.45) is 0 Å². The molecule has 32 heavy (non-hydrogen) atoms. The predicted molar refractivity (Wildman–Crippen MR) is 121 cm³/mol. The maximum atomic E-state index is 12.8. The molecule has 0 aliphatic carbocycles. The lowest BCUT2D eigenvalue weighted by molar-refractivity contribution is -0.116. The van der Waals surface area contributed by atoms with Crippen LogP contribution in [0.1, 0.15) is 12.8 Å². The monoisotopic (exact) mass is 451 g/mol. The smallest absolute Gasteiger partial charge is 0.408 e. The first-order valence-corrected chi connectivity index (χ1v) is 11.8. The Morgan fingerprint density at radius 3 is 2.56 bits per heavy atom. The Hall–Kier alpha value is -3.43. The highest BCUT2D eigenvalue weighted by Crippen LogP contribution is 2.25. The second-order valence-corrected chi connectivity index (χ2v) is 9.71. The number of carbonyl (C=O) groups excluding carboxylic acids is 1. The zero-order chi connectivity index (χ0) is 22.3. The Labute approximate surface area is 184 Å². The Bertz CT molecular complexity index is 1490. The van der Waals surface area contributed by atoms with Gasteiger partial charge in [0, 0.05) is 30.2 Å². The fourth-order valence-corrected chi connectivity index (χ4v) is 5.64. The lowest BCUT2D eigenvalue weighted by Crippen LogP contribution is -2.27. The highest BCUT2D eigenvalue weighted by atomic mass is 32.2. The molecule has 4 aromatic rings. The number of hydrogen-bond acceptors (Lipinski definition) is 5. The van der Waals surface area contributed by atoms with Gasteiger partial charge in [0.05, 0.1) is 10.4 Å². The summed E-state index contributed by atoms with van der Waals surface area (Å²) in [6.07, 6.45) is 1.66. The summed E-state index contributed by atoms with van der Waals surface area (Å²) in [6.45, 7) is 0.715. The SMILES string of the molecule is O=C(Cn1c(=O)oc2cc(S(=O)(=O)N3CCCC3)ccc21)Nc1cccc2ccccc12. The van der Waals surface area contributed by atoms with Crippen molar-refractivity contribution in [3.63, 3.8) is 0 Å². The van der Waals surface area contributed by atoms with Crippen molar-refractivity contribution in [2.45, 2.75) is 24.3 Å². The Morgan fingerprint density at radius 2 is 1.75 bits per heavy atom. The topological polar surface area (TPSA) is 102 Å². The first-order chi connectivity index (χ1) is 15.4. The summed E-state index contributed by atoms with van der Waals surface area (Å²) in [5, 5.41) is 4.73. The van der Waals surface area contributed by atoms with Gasteiger partial charge in [-0.25, -0.2) is 13.2 Å². The molecular weight excluding hydrogens is 430 g/mol. The van der Waals surface area contributed by atoms with Gasteiger partial charge in [0.1, 0.15) is 6.54 Å². The van der Waals surface area contributed by atoms with E-state index in [0.29, 0.717) is 24.3 Å². The van der Waals surface area contributed by atoms with Crippen LogP contribution in [0.5, 0.6) is 0 Å². The van der Waals surface area contributed by atoms with E-state index in [2.05, 4.69) is 5.32 Å². The lowest BCUT2D eigenvalue weighted by atomic mass is 10.1. The lowest BCUT2D eigenvalue weighted by Gasteiger charge is -2.15. The van der Waals surface area contributed by atoms with E-state index in [4.69, 9.17) is 4.42 Å². The summed E-state index contributed by atoms with van der Waals surface area (Å²) in [7, 11) is -3.64. The number of fused-ring (bicyclic) bond motifs is 2. The number of rotatable bonds is 5. The molecule has 0 bridgehead atoms. The van der Waals surface area contributed by atoms with Crippen molar-refractivity contribution in [3.8, 4) is 0 Å². The van der Waals surface area contributed by atoms with Crippen LogP contribution >= 0.6 is 0 Å². The Balaban J connectivity index is 1.42. The number of benzene rings is 3. The maximum absolute atomic E-state index is 12.8. The van der Waals surface area contributed by atoms with E-state index in [1.165, 1.54) is 27.1 Å². The van der Waals surface area contributed by atoms with Crippen molar-refractivity contribution in [2.75, 3.05) is 18.4 Å². The van der Waals surface area contributed by atoms with Crippen LogP contribution in [0.3, 0.4) is 0 Å². The zero-order valence-corrected chi connectivity index (χ0v) is 18.0. The third kappa shape index (κ3) is 3.59. The number of sulfonamides is 1. The number of nitrogens with one attached hydrogen (secondary N) is 1. The van der Waals surface area contributed by atoms with Gasteiger partial charge in [-0.2, -0.15) is 4.31 Å². The molecule has 1 N–H and O–H groups in total. The van der Waals surface area contributed by atoms with Gasteiger partial charge >= 0.3 is 5.76 Å². The van der Waals surface area contributed by atoms with E-state index in [0.717, 1.165) is 23.6 Å². The third-order valence-corrected chi connectivity index (χ3v) is 7.60. The first-order valence-electron chi connectivity index (χ1n) is 10.3. The summed E-state index contributed by atoms with van der Waals surface area (Å²) in [5.74, 6) is -1.11. The van der Waals surface area contributed by atoms with E-state index in [1.54, 1.807) is 6.07 Å². The molecule has 1 aromatic heterocycles. The molecule has 1 aliphatic heterocycles. The second-order valence-electron chi connectivity index (χ2n) is 7.77. The van der Waals surface area contributed by atoms with Gasteiger partial charge in [-0.3, -0.25) is 9.36 Å². The highest BCUT2D eigenvalue weighted by Gasteiger charge is 2.28. The van der Waals surface area contributed by atoms with Crippen LogP contribution in [-0.2, 0) is 21.4 Å². The maximum Gasteiger partial charge on any atom is 0.420 e. The Morgan fingerprint density at radius 1 is 1.00 bits per heavy atom. The van der Waals surface area contributed by atoms with Gasteiger partial charge in [-0.1, -0.05) is 36.4 Å². The number of hydrogen-bond donors (Lipinski definition) is 1. The van der Waals surface area contributed by atoms with Gasteiger partial charge in [-0.15, -0.1) is 0 Å². The first kappa shape index (κ1) is 20.5. The number of amides is 1. The minimum atomic E-state index is -3.64. The van der Waals surface area contributed by atoms with E-state index in [9.17, 15) is 18.0 Å². The molecule has 1 saturated heterocycles. The molecule has 0 spiro atoms.